The van der Waals surface area contributed by atoms with Crippen LogP contribution in [0.1, 0.15) is 11.3 Å². The SMILES string of the molecule is Nc1cnc(CC(=O)O)c(C(F)(F)F)c1. The van der Waals surface area contributed by atoms with E-state index in [-0.39, 0.29) is 5.69 Å². The summed E-state index contributed by atoms with van der Waals surface area (Å²) in [6.45, 7) is 0. The summed E-state index contributed by atoms with van der Waals surface area (Å²) in [6.07, 6.45) is -4.43. The second kappa shape index (κ2) is 3.76. The maximum Gasteiger partial charge on any atom is 0.418 e. The molecule has 0 spiro atoms. The third-order valence-electron chi connectivity index (χ3n) is 1.62. The molecule has 4 nitrogen and oxygen atoms in total. The quantitative estimate of drug-likeness (QED) is 0.787. The summed E-state index contributed by atoms with van der Waals surface area (Å²) in [5.74, 6) is -1.38. The lowest BCUT2D eigenvalue weighted by molar-refractivity contribution is -0.140. The van der Waals surface area contributed by atoms with Crippen LogP contribution in [-0.2, 0) is 17.4 Å². The molecule has 0 bridgehead atoms. The van der Waals surface area contributed by atoms with Crippen LogP contribution in [0, 0.1) is 0 Å². The summed E-state index contributed by atoms with van der Waals surface area (Å²) in [5.41, 5.74) is 3.34. The minimum absolute atomic E-state index is 0.156. The monoisotopic (exact) mass is 220 g/mol. The standard InChI is InChI=1S/C8H7F3N2O2/c9-8(10,11)5-1-4(12)3-13-6(5)2-7(14)15/h1,3H,2,12H2,(H,14,15). The van der Waals surface area contributed by atoms with Crippen molar-refractivity contribution in [3.63, 3.8) is 0 Å². The van der Waals surface area contributed by atoms with Crippen LogP contribution >= 0.6 is 0 Å². The summed E-state index contributed by atoms with van der Waals surface area (Å²) in [6, 6.07) is 0.672. The molecule has 0 aliphatic carbocycles. The molecule has 0 aliphatic rings. The van der Waals surface area contributed by atoms with Gasteiger partial charge >= 0.3 is 12.1 Å². The molecular formula is C8H7F3N2O2. The van der Waals surface area contributed by atoms with Crippen molar-refractivity contribution in [1.29, 1.82) is 0 Å². The highest BCUT2D eigenvalue weighted by atomic mass is 19.4. The molecule has 0 unspecified atom stereocenters. The predicted molar refractivity (Wildman–Crippen MR) is 45.0 cm³/mol. The molecule has 3 N–H and O–H groups in total. The van der Waals surface area contributed by atoms with E-state index in [1.54, 1.807) is 0 Å². The Balaban J connectivity index is 3.20. The normalized spacial score (nSPS) is 11.4. The van der Waals surface area contributed by atoms with Gasteiger partial charge in [0.15, 0.2) is 0 Å². The lowest BCUT2D eigenvalue weighted by Gasteiger charge is -2.10. The number of carboxylic acids is 1. The molecule has 1 rings (SSSR count). The molecule has 7 heteroatoms. The lowest BCUT2D eigenvalue weighted by Crippen LogP contribution is -2.14. The Morgan fingerprint density at radius 2 is 2.13 bits per heavy atom. The van der Waals surface area contributed by atoms with E-state index in [9.17, 15) is 18.0 Å². The van der Waals surface area contributed by atoms with Crippen LogP contribution in [0.2, 0.25) is 0 Å². The summed E-state index contributed by atoms with van der Waals surface area (Å²) in [5, 5.41) is 8.39. The first-order valence-corrected chi connectivity index (χ1v) is 3.84. The van der Waals surface area contributed by atoms with Gasteiger partial charge in [0.25, 0.3) is 0 Å². The van der Waals surface area contributed by atoms with E-state index in [4.69, 9.17) is 10.8 Å². The molecule has 0 saturated heterocycles. The first-order chi connectivity index (χ1) is 6.80. The van der Waals surface area contributed by atoms with Crippen LogP contribution in [0.15, 0.2) is 12.3 Å². The average Bonchev–Trinajstić information content (AvgIpc) is 2.05. The van der Waals surface area contributed by atoms with E-state index in [1.165, 1.54) is 0 Å². The van der Waals surface area contributed by atoms with Crippen molar-refractivity contribution in [2.75, 3.05) is 5.73 Å². The molecule has 0 amide bonds. The Morgan fingerprint density at radius 1 is 1.53 bits per heavy atom. The van der Waals surface area contributed by atoms with Gasteiger partial charge in [-0.15, -0.1) is 0 Å². The van der Waals surface area contributed by atoms with E-state index in [0.29, 0.717) is 6.07 Å². The Kier molecular flexibility index (Phi) is 2.83. The number of pyridine rings is 1. The number of nitrogens with zero attached hydrogens (tertiary/aromatic N) is 1. The van der Waals surface area contributed by atoms with Crippen LogP contribution in [0.3, 0.4) is 0 Å². The Hall–Kier alpha value is -1.79. The Labute approximate surface area is 82.5 Å². The molecule has 0 aromatic carbocycles. The number of anilines is 1. The fraction of sp³-hybridized carbons (Fsp3) is 0.250. The molecule has 0 radical (unpaired) electrons. The number of nitrogens with two attached hydrogens (primary N) is 1. The first kappa shape index (κ1) is 11.3. The molecule has 1 aromatic rings. The molecule has 0 aliphatic heterocycles. The van der Waals surface area contributed by atoms with E-state index < -0.39 is 29.8 Å². The number of carbonyl (C=O) groups is 1. The van der Waals surface area contributed by atoms with Gasteiger partial charge in [0.2, 0.25) is 0 Å². The molecule has 1 heterocycles. The van der Waals surface area contributed by atoms with Crippen LogP contribution < -0.4 is 5.73 Å². The number of aliphatic carboxylic acids is 1. The number of alkyl halides is 3. The van der Waals surface area contributed by atoms with Crippen LogP contribution in [0.5, 0.6) is 0 Å². The number of aromatic nitrogens is 1. The topological polar surface area (TPSA) is 76.2 Å². The van der Waals surface area contributed by atoms with Crippen LogP contribution in [-0.4, -0.2) is 16.1 Å². The number of carboxylic acid groups (broad SMARTS) is 1. The van der Waals surface area contributed by atoms with E-state index >= 15 is 0 Å². The number of nitrogen functional groups attached to an aromatic ring is 1. The zero-order chi connectivity index (χ0) is 11.6. The van der Waals surface area contributed by atoms with Gasteiger partial charge in [-0.3, -0.25) is 9.78 Å². The third kappa shape index (κ3) is 2.83. The smallest absolute Gasteiger partial charge is 0.418 e. The Bertz CT molecular complexity index is 390. The molecule has 0 fully saturated rings. The first-order valence-electron chi connectivity index (χ1n) is 3.84. The fourth-order valence-corrected chi connectivity index (χ4v) is 1.04. The number of hydrogen-bond donors (Lipinski definition) is 2. The molecular weight excluding hydrogens is 213 g/mol. The molecule has 0 atom stereocenters. The zero-order valence-corrected chi connectivity index (χ0v) is 7.38. The highest BCUT2D eigenvalue weighted by molar-refractivity contribution is 5.70. The maximum atomic E-state index is 12.4. The van der Waals surface area contributed by atoms with Crippen LogP contribution in [0.25, 0.3) is 0 Å². The lowest BCUT2D eigenvalue weighted by atomic mass is 10.1. The number of rotatable bonds is 2. The van der Waals surface area contributed by atoms with Crippen molar-refractivity contribution in [2.45, 2.75) is 12.6 Å². The fourth-order valence-electron chi connectivity index (χ4n) is 1.04. The van der Waals surface area contributed by atoms with Gasteiger partial charge in [-0.1, -0.05) is 0 Å². The molecule has 15 heavy (non-hydrogen) atoms. The predicted octanol–water partition coefficient (Wildman–Crippen LogP) is 1.31. The van der Waals surface area contributed by atoms with Gasteiger partial charge in [-0.05, 0) is 6.07 Å². The van der Waals surface area contributed by atoms with Gasteiger partial charge in [-0.2, -0.15) is 13.2 Å². The molecule has 82 valence electrons. The molecule has 1 aromatic heterocycles. The van der Waals surface area contributed by atoms with E-state index in [2.05, 4.69) is 4.98 Å². The summed E-state index contributed by atoms with van der Waals surface area (Å²) in [4.78, 5) is 13.7. The second-order valence-corrected chi connectivity index (χ2v) is 2.83. The van der Waals surface area contributed by atoms with Crippen molar-refractivity contribution in [1.82, 2.24) is 4.98 Å². The third-order valence-corrected chi connectivity index (χ3v) is 1.62. The minimum atomic E-state index is -4.65. The summed E-state index contributed by atoms with van der Waals surface area (Å²) < 4.78 is 37.2. The summed E-state index contributed by atoms with van der Waals surface area (Å²) in [7, 11) is 0. The maximum absolute atomic E-state index is 12.4. The number of hydrogen-bond acceptors (Lipinski definition) is 3. The highest BCUT2D eigenvalue weighted by Crippen LogP contribution is 2.32. The average molecular weight is 220 g/mol. The summed E-state index contributed by atoms with van der Waals surface area (Å²) >= 11 is 0. The second-order valence-electron chi connectivity index (χ2n) is 2.83. The van der Waals surface area contributed by atoms with Crippen molar-refractivity contribution in [3.05, 3.63) is 23.5 Å². The van der Waals surface area contributed by atoms with Gasteiger partial charge in [0.05, 0.1) is 29.6 Å². The van der Waals surface area contributed by atoms with Gasteiger partial charge in [-0.25, -0.2) is 0 Å². The van der Waals surface area contributed by atoms with Crippen molar-refractivity contribution >= 4 is 11.7 Å². The number of halogens is 3. The van der Waals surface area contributed by atoms with Crippen LogP contribution in [0.4, 0.5) is 18.9 Å². The van der Waals surface area contributed by atoms with Gasteiger partial charge in [0.1, 0.15) is 0 Å². The van der Waals surface area contributed by atoms with Crippen molar-refractivity contribution in [2.24, 2.45) is 0 Å². The van der Waals surface area contributed by atoms with Gasteiger partial charge < -0.3 is 10.8 Å². The molecule has 0 saturated carbocycles. The zero-order valence-electron chi connectivity index (χ0n) is 7.38. The minimum Gasteiger partial charge on any atom is -0.481 e. The Morgan fingerprint density at radius 3 is 2.60 bits per heavy atom. The van der Waals surface area contributed by atoms with Crippen molar-refractivity contribution < 1.29 is 23.1 Å². The van der Waals surface area contributed by atoms with Gasteiger partial charge in [0, 0.05) is 0 Å². The van der Waals surface area contributed by atoms with E-state index in [1.807, 2.05) is 0 Å². The van der Waals surface area contributed by atoms with Crippen molar-refractivity contribution in [3.8, 4) is 0 Å². The highest BCUT2D eigenvalue weighted by Gasteiger charge is 2.34. The largest absolute Gasteiger partial charge is 0.481 e. The van der Waals surface area contributed by atoms with E-state index in [0.717, 1.165) is 6.20 Å².